The van der Waals surface area contributed by atoms with E-state index in [1.807, 2.05) is 58.5 Å². The molecule has 2 aliphatic heterocycles. The lowest BCUT2D eigenvalue weighted by Gasteiger charge is -2.39. The van der Waals surface area contributed by atoms with Gasteiger partial charge in [0, 0.05) is 41.7 Å². The van der Waals surface area contributed by atoms with Gasteiger partial charge in [-0.2, -0.15) is 10.5 Å². The summed E-state index contributed by atoms with van der Waals surface area (Å²) in [6, 6.07) is 19.0. The van der Waals surface area contributed by atoms with Crippen LogP contribution >= 0.6 is 22.9 Å². The molecule has 1 saturated carbocycles. The van der Waals surface area contributed by atoms with Crippen molar-refractivity contribution in [2.24, 2.45) is 0 Å². The molecule has 2 aromatic carbocycles. The molecular formula is C36H34ClN9OS. The molecule has 1 aliphatic carbocycles. The lowest BCUT2D eigenvalue weighted by molar-refractivity contribution is -0.0691. The van der Waals surface area contributed by atoms with Crippen molar-refractivity contribution in [1.29, 1.82) is 10.5 Å². The van der Waals surface area contributed by atoms with Gasteiger partial charge in [0.1, 0.15) is 11.8 Å². The maximum Gasteiger partial charge on any atom is 0.110 e. The second-order valence-electron chi connectivity index (χ2n) is 12.8. The van der Waals surface area contributed by atoms with Crippen molar-refractivity contribution in [3.05, 3.63) is 98.1 Å². The largest absolute Gasteiger partial charge is 0.378 e. The zero-order valence-corrected chi connectivity index (χ0v) is 27.8. The van der Waals surface area contributed by atoms with E-state index in [9.17, 15) is 10.5 Å². The smallest absolute Gasteiger partial charge is 0.110 e. The molecule has 1 saturated heterocycles. The van der Waals surface area contributed by atoms with E-state index in [0.29, 0.717) is 46.7 Å². The van der Waals surface area contributed by atoms with Gasteiger partial charge in [0.25, 0.3) is 0 Å². The quantitative estimate of drug-likeness (QED) is 0.150. The minimum atomic E-state index is -0.249. The topological polar surface area (TPSA) is 128 Å². The van der Waals surface area contributed by atoms with Crippen LogP contribution in [0.25, 0.3) is 10.9 Å². The van der Waals surface area contributed by atoms with Gasteiger partial charge in [0.05, 0.1) is 71.4 Å². The van der Waals surface area contributed by atoms with E-state index in [-0.39, 0.29) is 12.1 Å². The molecule has 48 heavy (non-hydrogen) atoms. The minimum absolute atomic E-state index is 0.187. The van der Waals surface area contributed by atoms with Gasteiger partial charge in [0.15, 0.2) is 0 Å². The Morgan fingerprint density at radius 3 is 2.71 bits per heavy atom. The minimum Gasteiger partial charge on any atom is -0.378 e. The fourth-order valence-corrected chi connectivity index (χ4v) is 8.17. The Bertz CT molecular complexity index is 2040. The lowest BCUT2D eigenvalue weighted by Crippen LogP contribution is -2.50. The fraction of sp³-hybridized carbons (Fsp3) is 0.361. The molecule has 0 radical (unpaired) electrons. The zero-order chi connectivity index (χ0) is 32.6. The van der Waals surface area contributed by atoms with E-state index in [0.717, 1.165) is 67.9 Å². The number of benzene rings is 2. The predicted molar refractivity (Wildman–Crippen MR) is 186 cm³/mol. The average Bonchev–Trinajstić information content (AvgIpc) is 3.67. The summed E-state index contributed by atoms with van der Waals surface area (Å²) >= 11 is 8.76. The monoisotopic (exact) mass is 675 g/mol. The molecular weight excluding hydrogens is 642 g/mol. The number of nitrogens with zero attached hydrogens (tertiary/aromatic N) is 7. The summed E-state index contributed by atoms with van der Waals surface area (Å²) in [6.45, 7) is 3.56. The van der Waals surface area contributed by atoms with Gasteiger partial charge < -0.3 is 15.4 Å². The van der Waals surface area contributed by atoms with Gasteiger partial charge in [-0.15, -0.1) is 16.4 Å². The summed E-state index contributed by atoms with van der Waals surface area (Å²) in [6.07, 6.45) is 7.79. The standard InChI is InChI=1S/C36H34ClN9OS/c37-30-14-24(13-28-34(23(15-39)16-40-35(28)30)42-31(7-4-11-38)22-5-2-1-3-6-22)41-36(32-17-46(44-43-32)25-8-9-25)29-21-48-33-18-45(12-10-27(29)33)26-19-47-20-26/h1-3,5-6,13-14,16-17,21,25-26,31,36,41H,4,7-10,12,18-20H2,(H,40,42)/t31-,36+/m1/s1. The molecule has 12 heteroatoms. The van der Waals surface area contributed by atoms with E-state index in [1.165, 1.54) is 16.0 Å². The number of fused-ring (bicyclic) bond motifs is 2. The Morgan fingerprint density at radius 1 is 1.10 bits per heavy atom. The van der Waals surface area contributed by atoms with Gasteiger partial charge in [-0.1, -0.05) is 47.1 Å². The van der Waals surface area contributed by atoms with Crippen LogP contribution in [-0.2, 0) is 17.7 Å². The highest BCUT2D eigenvalue weighted by Crippen LogP contribution is 2.41. The molecule has 2 N–H and O–H groups in total. The number of hydrogen-bond acceptors (Lipinski definition) is 10. The van der Waals surface area contributed by atoms with Crippen LogP contribution in [0.15, 0.2) is 60.2 Å². The Morgan fingerprint density at radius 2 is 1.96 bits per heavy atom. The van der Waals surface area contributed by atoms with Gasteiger partial charge in [0.2, 0.25) is 0 Å². The second kappa shape index (κ2) is 13.2. The third-order valence-corrected chi connectivity index (χ3v) is 10.9. The van der Waals surface area contributed by atoms with Gasteiger partial charge in [-0.25, -0.2) is 4.68 Å². The predicted octanol–water partition coefficient (Wildman–Crippen LogP) is 7.16. The van der Waals surface area contributed by atoms with Crippen LogP contribution in [0.2, 0.25) is 5.02 Å². The number of nitriles is 2. The maximum atomic E-state index is 10.2. The molecule has 242 valence electrons. The first-order valence-electron chi connectivity index (χ1n) is 16.4. The normalized spacial score (nSPS) is 17.6. The summed E-state index contributed by atoms with van der Waals surface area (Å²) in [4.78, 5) is 8.52. The molecule has 3 aliphatic rings. The molecule has 8 rings (SSSR count). The highest BCUT2D eigenvalue weighted by molar-refractivity contribution is 7.10. The van der Waals surface area contributed by atoms with Crippen molar-refractivity contribution in [2.45, 2.75) is 62.8 Å². The summed E-state index contributed by atoms with van der Waals surface area (Å²) in [5.41, 5.74) is 6.91. The number of anilines is 2. The summed E-state index contributed by atoms with van der Waals surface area (Å²) in [5, 5.41) is 39.6. The Kier molecular flexibility index (Phi) is 8.45. The molecule has 0 spiro atoms. The van der Waals surface area contributed by atoms with Crippen molar-refractivity contribution in [2.75, 3.05) is 30.4 Å². The Hall–Kier alpha value is -4.52. The molecule has 2 atom stereocenters. The van der Waals surface area contributed by atoms with E-state index >= 15 is 0 Å². The third-order valence-electron chi connectivity index (χ3n) is 9.62. The number of pyridine rings is 1. The highest BCUT2D eigenvalue weighted by Gasteiger charge is 2.33. The molecule has 5 aromatic rings. The van der Waals surface area contributed by atoms with Gasteiger partial charge in [-0.3, -0.25) is 9.88 Å². The second-order valence-corrected chi connectivity index (χ2v) is 14.1. The van der Waals surface area contributed by atoms with Crippen molar-refractivity contribution >= 4 is 45.2 Å². The van der Waals surface area contributed by atoms with E-state index < -0.39 is 0 Å². The summed E-state index contributed by atoms with van der Waals surface area (Å²) in [5.74, 6) is 0. The number of aromatic nitrogens is 4. The Balaban J connectivity index is 1.18. The molecule has 5 heterocycles. The van der Waals surface area contributed by atoms with E-state index in [2.05, 4.69) is 54.5 Å². The average molecular weight is 676 g/mol. The highest BCUT2D eigenvalue weighted by atomic mass is 35.5. The lowest BCUT2D eigenvalue weighted by atomic mass is 9.95. The van der Waals surface area contributed by atoms with Crippen molar-refractivity contribution in [3.8, 4) is 12.1 Å². The van der Waals surface area contributed by atoms with Crippen molar-refractivity contribution in [3.63, 3.8) is 0 Å². The van der Waals surface area contributed by atoms with E-state index in [1.54, 1.807) is 6.20 Å². The van der Waals surface area contributed by atoms with Crippen LogP contribution in [0.5, 0.6) is 0 Å². The van der Waals surface area contributed by atoms with Crippen LogP contribution in [0.3, 0.4) is 0 Å². The number of nitrogens with one attached hydrogen (secondary N) is 2. The van der Waals surface area contributed by atoms with Crippen LogP contribution in [0.4, 0.5) is 11.4 Å². The zero-order valence-electron chi connectivity index (χ0n) is 26.3. The first-order chi connectivity index (χ1) is 23.6. The number of ether oxygens (including phenoxy) is 1. The number of rotatable bonds is 11. The molecule has 0 bridgehead atoms. The fourth-order valence-electron chi connectivity index (χ4n) is 6.75. The maximum absolute atomic E-state index is 10.2. The Labute approximate surface area is 287 Å². The van der Waals surface area contributed by atoms with Crippen LogP contribution < -0.4 is 10.6 Å². The van der Waals surface area contributed by atoms with Crippen LogP contribution in [0.1, 0.15) is 76.6 Å². The number of halogens is 1. The first kappa shape index (κ1) is 30.8. The molecule has 10 nitrogen and oxygen atoms in total. The number of thiophene rings is 1. The van der Waals surface area contributed by atoms with Crippen molar-refractivity contribution < 1.29 is 4.74 Å². The van der Waals surface area contributed by atoms with Crippen LogP contribution in [0, 0.1) is 22.7 Å². The molecule has 0 amide bonds. The van der Waals surface area contributed by atoms with Crippen molar-refractivity contribution in [1.82, 2.24) is 24.9 Å². The summed E-state index contributed by atoms with van der Waals surface area (Å²) < 4.78 is 7.47. The first-order valence-corrected chi connectivity index (χ1v) is 17.7. The van der Waals surface area contributed by atoms with Gasteiger partial charge >= 0.3 is 0 Å². The number of hydrogen-bond donors (Lipinski definition) is 2. The van der Waals surface area contributed by atoms with E-state index in [4.69, 9.17) is 16.3 Å². The molecule has 0 unspecified atom stereocenters. The third kappa shape index (κ3) is 5.99. The van der Waals surface area contributed by atoms with Gasteiger partial charge in [-0.05, 0) is 59.9 Å². The summed E-state index contributed by atoms with van der Waals surface area (Å²) in [7, 11) is 0. The van der Waals surface area contributed by atoms with Crippen LogP contribution in [-0.4, -0.2) is 50.7 Å². The molecule has 3 aromatic heterocycles. The molecule has 2 fully saturated rings. The SMILES string of the molecule is N#CCC[C@@H](Nc1c(C#N)cnc2c(Cl)cc(N[C@H](c3cn(C4CC4)nn3)c3csc4c3CCN(C3COC3)C4)cc12)c1ccccc1.